The van der Waals surface area contributed by atoms with E-state index in [1.807, 2.05) is 25.1 Å². The minimum Gasteiger partial charge on any atom is -0.426 e. The van der Waals surface area contributed by atoms with E-state index in [4.69, 9.17) is 4.74 Å². The van der Waals surface area contributed by atoms with Crippen LogP contribution in [0.4, 0.5) is 11.4 Å². The highest BCUT2D eigenvalue weighted by Gasteiger charge is 2.50. The van der Waals surface area contributed by atoms with E-state index in [9.17, 15) is 19.2 Å². The Morgan fingerprint density at radius 1 is 0.974 bits per heavy atom. The lowest BCUT2D eigenvalue weighted by Gasteiger charge is -2.25. The molecule has 4 atom stereocenters. The van der Waals surface area contributed by atoms with Crippen molar-refractivity contribution < 1.29 is 23.9 Å². The van der Waals surface area contributed by atoms with E-state index < -0.39 is 11.9 Å². The summed E-state index contributed by atoms with van der Waals surface area (Å²) < 4.78 is 5.70. The molecule has 1 aliphatic carbocycles. The summed E-state index contributed by atoms with van der Waals surface area (Å²) in [5, 5.41) is 0. The van der Waals surface area contributed by atoms with Gasteiger partial charge in [0.05, 0.1) is 23.4 Å². The van der Waals surface area contributed by atoms with Gasteiger partial charge in [0.2, 0.25) is 17.7 Å². The Kier molecular flexibility index (Phi) is 7.12. The number of anilines is 2. The third kappa shape index (κ3) is 4.52. The number of benzene rings is 2. The summed E-state index contributed by atoms with van der Waals surface area (Å²) in [6.45, 7) is 8.36. The van der Waals surface area contributed by atoms with Crippen LogP contribution in [0.25, 0.3) is 0 Å². The molecule has 0 spiro atoms. The average molecular weight is 517 g/mol. The number of ether oxygens (including phenoxy) is 1. The Morgan fingerprint density at radius 2 is 1.66 bits per heavy atom. The molecular formula is C31H36N2O5. The van der Waals surface area contributed by atoms with Crippen LogP contribution < -0.4 is 14.5 Å². The van der Waals surface area contributed by atoms with Crippen LogP contribution in [0.3, 0.4) is 0 Å². The van der Waals surface area contributed by atoms with Gasteiger partial charge in [0.25, 0.3) is 0 Å². The number of imide groups is 1. The summed E-state index contributed by atoms with van der Waals surface area (Å²) in [6.07, 6.45) is 4.18. The lowest BCUT2D eigenvalue weighted by atomic mass is 9.76. The van der Waals surface area contributed by atoms with Crippen molar-refractivity contribution in [1.82, 2.24) is 0 Å². The van der Waals surface area contributed by atoms with Gasteiger partial charge in [0.15, 0.2) is 0 Å². The molecule has 7 heteroatoms. The maximum Gasteiger partial charge on any atom is 0.316 e. The Bertz CT molecular complexity index is 1280. The molecule has 5 rings (SSSR count). The number of nitrogens with zero attached hydrogens (tertiary/aromatic N) is 2. The highest BCUT2D eigenvalue weighted by molar-refractivity contribution is 6.22. The average Bonchev–Trinajstić information content (AvgIpc) is 3.40. The molecular weight excluding hydrogens is 480 g/mol. The second-order valence-electron chi connectivity index (χ2n) is 11.0. The van der Waals surface area contributed by atoms with Crippen LogP contribution in [-0.4, -0.2) is 30.2 Å². The molecule has 38 heavy (non-hydrogen) atoms. The normalized spacial score (nSPS) is 25.2. The molecule has 200 valence electrons. The van der Waals surface area contributed by atoms with E-state index in [-0.39, 0.29) is 42.5 Å². The summed E-state index contributed by atoms with van der Waals surface area (Å²) in [4.78, 5) is 55.4. The van der Waals surface area contributed by atoms with Crippen LogP contribution in [0.1, 0.15) is 63.1 Å². The standard InChI is InChI=1S/C31H36N2O5/c1-5-20-8-7-9-21(6-2)28(20)32-17-22(16-27(32)34)31(37)38-23-11-13-26(19(4)15-23)33-29(35)24-12-10-18(3)14-25(24)30(33)36/h7-9,11,13,15,18,22,24-25H,5-6,10,12,14,16-17H2,1-4H3/t18-,22-,24-,25+/m1/s1. The third-order valence-electron chi connectivity index (χ3n) is 8.51. The SMILES string of the molecule is CCc1cccc(CC)c1N1C[C@H](C(=O)Oc2ccc(N3C(=O)[C@H]4C[C@H](C)CC[C@H]4C3=O)c(C)c2)CC1=O. The number of carbonyl (C=O) groups excluding carboxylic acids is 4. The van der Waals surface area contributed by atoms with E-state index in [0.29, 0.717) is 22.9 Å². The summed E-state index contributed by atoms with van der Waals surface area (Å²) in [5.74, 6) is -1.02. The number of amides is 3. The molecule has 3 aliphatic rings. The molecule has 0 bridgehead atoms. The number of carbonyl (C=O) groups is 4. The van der Waals surface area contributed by atoms with Gasteiger partial charge in [-0.05, 0) is 79.8 Å². The van der Waals surface area contributed by atoms with Crippen LogP contribution in [0.15, 0.2) is 36.4 Å². The number of fused-ring (bicyclic) bond motifs is 1. The largest absolute Gasteiger partial charge is 0.426 e. The molecule has 3 amide bonds. The van der Waals surface area contributed by atoms with Crippen LogP contribution in [0.5, 0.6) is 5.75 Å². The predicted molar refractivity (Wildman–Crippen MR) is 145 cm³/mol. The number of aryl methyl sites for hydroxylation is 3. The molecule has 2 heterocycles. The highest BCUT2D eigenvalue weighted by Crippen LogP contribution is 2.43. The highest BCUT2D eigenvalue weighted by atomic mass is 16.5. The third-order valence-corrected chi connectivity index (χ3v) is 8.51. The first-order valence-electron chi connectivity index (χ1n) is 13.8. The van der Waals surface area contributed by atoms with Crippen LogP contribution in [0, 0.1) is 30.6 Å². The zero-order valence-corrected chi connectivity index (χ0v) is 22.7. The van der Waals surface area contributed by atoms with E-state index >= 15 is 0 Å². The molecule has 2 aromatic carbocycles. The van der Waals surface area contributed by atoms with Gasteiger partial charge in [-0.3, -0.25) is 19.2 Å². The van der Waals surface area contributed by atoms with Crippen molar-refractivity contribution >= 4 is 35.1 Å². The van der Waals surface area contributed by atoms with Crippen LogP contribution in [0.2, 0.25) is 0 Å². The van der Waals surface area contributed by atoms with Crippen molar-refractivity contribution in [2.24, 2.45) is 23.7 Å². The van der Waals surface area contributed by atoms with Crippen molar-refractivity contribution in [2.45, 2.75) is 66.2 Å². The van der Waals surface area contributed by atoms with Gasteiger partial charge in [-0.15, -0.1) is 0 Å². The first-order valence-corrected chi connectivity index (χ1v) is 13.8. The molecule has 7 nitrogen and oxygen atoms in total. The van der Waals surface area contributed by atoms with Crippen molar-refractivity contribution in [1.29, 1.82) is 0 Å². The maximum atomic E-state index is 13.1. The molecule has 0 N–H and O–H groups in total. The van der Waals surface area contributed by atoms with Crippen molar-refractivity contribution in [3.63, 3.8) is 0 Å². The summed E-state index contributed by atoms with van der Waals surface area (Å²) in [7, 11) is 0. The van der Waals surface area contributed by atoms with Crippen molar-refractivity contribution in [3.05, 3.63) is 53.1 Å². The number of esters is 1. The number of para-hydroxylation sites is 1. The Balaban J connectivity index is 1.30. The number of hydrogen-bond donors (Lipinski definition) is 0. The first-order chi connectivity index (χ1) is 18.2. The van der Waals surface area contributed by atoms with E-state index in [2.05, 4.69) is 20.8 Å². The summed E-state index contributed by atoms with van der Waals surface area (Å²) in [6, 6.07) is 11.1. The van der Waals surface area contributed by atoms with Crippen molar-refractivity contribution in [2.75, 3.05) is 16.3 Å². The maximum absolute atomic E-state index is 13.1. The van der Waals surface area contributed by atoms with E-state index in [1.54, 1.807) is 23.1 Å². The molecule has 0 unspecified atom stereocenters. The smallest absolute Gasteiger partial charge is 0.316 e. The minimum atomic E-state index is -0.566. The molecule has 1 saturated carbocycles. The van der Waals surface area contributed by atoms with E-state index in [0.717, 1.165) is 48.9 Å². The van der Waals surface area contributed by atoms with Crippen molar-refractivity contribution in [3.8, 4) is 5.75 Å². The minimum absolute atomic E-state index is 0.0732. The number of rotatable bonds is 6. The zero-order chi connectivity index (χ0) is 27.1. The van der Waals surface area contributed by atoms with Gasteiger partial charge >= 0.3 is 5.97 Å². The van der Waals surface area contributed by atoms with Crippen LogP contribution in [-0.2, 0) is 32.0 Å². The molecule has 3 fully saturated rings. The Hall–Kier alpha value is -3.48. The topological polar surface area (TPSA) is 84.0 Å². The second-order valence-corrected chi connectivity index (χ2v) is 11.0. The Morgan fingerprint density at radius 3 is 2.32 bits per heavy atom. The predicted octanol–water partition coefficient (Wildman–Crippen LogP) is 5.00. The fourth-order valence-electron chi connectivity index (χ4n) is 6.41. The zero-order valence-electron chi connectivity index (χ0n) is 22.7. The fraction of sp³-hybridized carbons (Fsp3) is 0.484. The van der Waals surface area contributed by atoms with Gasteiger partial charge in [-0.1, -0.05) is 39.0 Å². The first kappa shape index (κ1) is 26.1. The molecule has 2 aliphatic heterocycles. The molecule has 0 aromatic heterocycles. The fourth-order valence-corrected chi connectivity index (χ4v) is 6.41. The number of hydrogen-bond acceptors (Lipinski definition) is 5. The molecule has 2 aromatic rings. The summed E-state index contributed by atoms with van der Waals surface area (Å²) >= 11 is 0. The van der Waals surface area contributed by atoms with Gasteiger partial charge in [-0.2, -0.15) is 0 Å². The second kappa shape index (κ2) is 10.4. The van der Waals surface area contributed by atoms with Gasteiger partial charge < -0.3 is 9.64 Å². The lowest BCUT2D eigenvalue weighted by molar-refractivity contribution is -0.139. The molecule has 2 saturated heterocycles. The quantitative estimate of drug-likeness (QED) is 0.306. The van der Waals surface area contributed by atoms with Gasteiger partial charge in [0.1, 0.15) is 5.75 Å². The lowest BCUT2D eigenvalue weighted by Crippen LogP contribution is -2.31. The molecule has 0 radical (unpaired) electrons. The van der Waals surface area contributed by atoms with Gasteiger partial charge in [-0.25, -0.2) is 4.90 Å². The summed E-state index contributed by atoms with van der Waals surface area (Å²) in [5.41, 5.74) is 4.36. The van der Waals surface area contributed by atoms with Gasteiger partial charge in [0, 0.05) is 18.7 Å². The van der Waals surface area contributed by atoms with E-state index in [1.165, 1.54) is 4.90 Å². The van der Waals surface area contributed by atoms with Crippen LogP contribution >= 0.6 is 0 Å². The Labute approximate surface area is 224 Å². The monoisotopic (exact) mass is 516 g/mol.